The first kappa shape index (κ1) is 21.2. The van der Waals surface area contributed by atoms with Crippen molar-refractivity contribution in [2.24, 2.45) is 0 Å². The Kier molecular flexibility index (Phi) is 7.07. The number of carbonyl (C=O) groups is 2. The first-order valence-electron chi connectivity index (χ1n) is 11.4. The van der Waals surface area contributed by atoms with E-state index in [0.717, 1.165) is 44.6 Å². The molecule has 1 heterocycles. The summed E-state index contributed by atoms with van der Waals surface area (Å²) >= 11 is 0. The van der Waals surface area contributed by atoms with Gasteiger partial charge in [-0.25, -0.2) is 4.79 Å². The number of anilines is 1. The molecule has 6 heteroatoms. The van der Waals surface area contributed by atoms with Crippen LogP contribution in [-0.2, 0) is 6.54 Å². The van der Waals surface area contributed by atoms with Crippen molar-refractivity contribution in [3.63, 3.8) is 0 Å². The third-order valence-corrected chi connectivity index (χ3v) is 6.28. The average molecular weight is 421 g/mol. The zero-order valence-electron chi connectivity index (χ0n) is 18.1. The van der Waals surface area contributed by atoms with Gasteiger partial charge >= 0.3 is 6.03 Å². The predicted octanol–water partition coefficient (Wildman–Crippen LogP) is 3.78. The topological polar surface area (TPSA) is 64.7 Å². The normalized spacial score (nSPS) is 17.3. The number of carbonyl (C=O) groups excluding carboxylic acids is 2. The number of piperazine rings is 1. The molecule has 1 saturated carbocycles. The lowest BCUT2D eigenvalue weighted by Gasteiger charge is -2.36. The molecule has 0 spiro atoms. The summed E-state index contributed by atoms with van der Waals surface area (Å²) in [5.41, 5.74) is 2.90. The third-order valence-electron chi connectivity index (χ3n) is 6.28. The minimum Gasteiger partial charge on any atom is -0.368 e. The van der Waals surface area contributed by atoms with E-state index in [2.05, 4.69) is 27.7 Å². The monoisotopic (exact) mass is 420 g/mol. The molecule has 31 heavy (non-hydrogen) atoms. The van der Waals surface area contributed by atoms with Gasteiger partial charge in [0.2, 0.25) is 0 Å². The predicted molar refractivity (Wildman–Crippen MR) is 123 cm³/mol. The quantitative estimate of drug-likeness (QED) is 0.774. The van der Waals surface area contributed by atoms with Gasteiger partial charge in [-0.15, -0.1) is 0 Å². The molecule has 6 nitrogen and oxygen atoms in total. The molecule has 0 atom stereocenters. The highest BCUT2D eigenvalue weighted by Crippen LogP contribution is 2.18. The van der Waals surface area contributed by atoms with Crippen LogP contribution >= 0.6 is 0 Å². The highest BCUT2D eigenvalue weighted by molar-refractivity contribution is 5.94. The summed E-state index contributed by atoms with van der Waals surface area (Å²) in [5, 5.41) is 5.99. The van der Waals surface area contributed by atoms with Crippen molar-refractivity contribution < 1.29 is 9.59 Å². The van der Waals surface area contributed by atoms with E-state index in [-0.39, 0.29) is 11.9 Å². The van der Waals surface area contributed by atoms with Crippen LogP contribution in [0, 0.1) is 0 Å². The van der Waals surface area contributed by atoms with E-state index in [1.807, 2.05) is 47.4 Å². The standard InChI is InChI=1S/C25H32N4O2/c30-24(29-17-15-28(16-18-29)23-9-5-2-6-10-23)21-13-11-20(12-14-21)19-26-25(31)27-22-7-3-1-4-8-22/h2,5-6,9-14,22H,1,3-4,7-8,15-19H2,(H2,26,27,31). The van der Waals surface area contributed by atoms with Gasteiger partial charge in [0.15, 0.2) is 0 Å². The SMILES string of the molecule is O=C(NCc1ccc(C(=O)N2CCN(c3ccccc3)CC2)cc1)NC1CCCCC1. The summed E-state index contributed by atoms with van der Waals surface area (Å²) in [6.45, 7) is 3.58. The Morgan fingerprint density at radius 3 is 2.19 bits per heavy atom. The smallest absolute Gasteiger partial charge is 0.315 e. The zero-order valence-corrected chi connectivity index (χ0v) is 18.1. The van der Waals surface area contributed by atoms with Gasteiger partial charge in [-0.3, -0.25) is 4.79 Å². The van der Waals surface area contributed by atoms with Crippen molar-refractivity contribution in [1.82, 2.24) is 15.5 Å². The average Bonchev–Trinajstić information content (AvgIpc) is 2.84. The van der Waals surface area contributed by atoms with Crippen molar-refractivity contribution in [1.29, 1.82) is 0 Å². The Morgan fingerprint density at radius 2 is 1.52 bits per heavy atom. The second-order valence-electron chi connectivity index (χ2n) is 8.47. The molecule has 2 fully saturated rings. The molecule has 0 aromatic heterocycles. The molecule has 0 radical (unpaired) electrons. The Balaban J connectivity index is 1.23. The number of nitrogens with one attached hydrogen (secondary N) is 2. The molecule has 1 aliphatic carbocycles. The number of hydrogen-bond donors (Lipinski definition) is 2. The Morgan fingerprint density at radius 1 is 0.839 bits per heavy atom. The van der Waals surface area contributed by atoms with Gasteiger partial charge in [-0.1, -0.05) is 49.6 Å². The molecule has 1 saturated heterocycles. The van der Waals surface area contributed by atoms with E-state index in [1.165, 1.54) is 24.9 Å². The summed E-state index contributed by atoms with van der Waals surface area (Å²) < 4.78 is 0. The molecular weight excluding hydrogens is 388 g/mol. The third kappa shape index (κ3) is 5.78. The lowest BCUT2D eigenvalue weighted by molar-refractivity contribution is 0.0746. The van der Waals surface area contributed by atoms with E-state index < -0.39 is 0 Å². The minimum absolute atomic E-state index is 0.0715. The van der Waals surface area contributed by atoms with Gasteiger partial charge in [0.1, 0.15) is 0 Å². The van der Waals surface area contributed by atoms with Crippen LogP contribution in [-0.4, -0.2) is 49.1 Å². The van der Waals surface area contributed by atoms with Crippen LogP contribution in [0.25, 0.3) is 0 Å². The van der Waals surface area contributed by atoms with Crippen molar-refractivity contribution >= 4 is 17.6 Å². The molecule has 0 bridgehead atoms. The van der Waals surface area contributed by atoms with Crippen LogP contribution in [0.4, 0.5) is 10.5 Å². The van der Waals surface area contributed by atoms with Crippen LogP contribution in [0.15, 0.2) is 54.6 Å². The maximum absolute atomic E-state index is 12.9. The fourth-order valence-corrected chi connectivity index (χ4v) is 4.42. The minimum atomic E-state index is -0.108. The number of rotatable bonds is 5. The highest BCUT2D eigenvalue weighted by atomic mass is 16.2. The molecule has 0 unspecified atom stereocenters. The van der Waals surface area contributed by atoms with E-state index in [9.17, 15) is 9.59 Å². The molecule has 4 rings (SSSR count). The fourth-order valence-electron chi connectivity index (χ4n) is 4.42. The van der Waals surface area contributed by atoms with Crippen LogP contribution in [0.5, 0.6) is 0 Å². The largest absolute Gasteiger partial charge is 0.368 e. The number of para-hydroxylation sites is 1. The molecule has 2 aromatic carbocycles. The summed E-state index contributed by atoms with van der Waals surface area (Å²) in [4.78, 5) is 29.2. The second-order valence-corrected chi connectivity index (χ2v) is 8.47. The van der Waals surface area contributed by atoms with Gasteiger partial charge in [0.25, 0.3) is 5.91 Å². The van der Waals surface area contributed by atoms with Crippen molar-refractivity contribution in [3.05, 3.63) is 65.7 Å². The van der Waals surface area contributed by atoms with Crippen molar-refractivity contribution in [2.45, 2.75) is 44.7 Å². The zero-order chi connectivity index (χ0) is 21.5. The number of amides is 3. The van der Waals surface area contributed by atoms with Crippen LogP contribution in [0.2, 0.25) is 0 Å². The summed E-state index contributed by atoms with van der Waals surface area (Å²) in [6, 6.07) is 18.1. The summed E-state index contributed by atoms with van der Waals surface area (Å²) in [6.07, 6.45) is 5.81. The molecule has 164 valence electrons. The lowest BCUT2D eigenvalue weighted by atomic mass is 9.96. The second kappa shape index (κ2) is 10.3. The van der Waals surface area contributed by atoms with Gasteiger partial charge in [0.05, 0.1) is 0 Å². The molecule has 2 N–H and O–H groups in total. The van der Waals surface area contributed by atoms with Crippen molar-refractivity contribution in [3.8, 4) is 0 Å². The van der Waals surface area contributed by atoms with Gasteiger partial charge in [0, 0.05) is 50.0 Å². The Labute approximate surface area is 184 Å². The van der Waals surface area contributed by atoms with Gasteiger partial charge in [-0.05, 0) is 42.7 Å². The number of nitrogens with zero attached hydrogens (tertiary/aromatic N) is 2. The Bertz CT molecular complexity index is 855. The molecule has 3 amide bonds. The van der Waals surface area contributed by atoms with E-state index in [4.69, 9.17) is 0 Å². The highest BCUT2D eigenvalue weighted by Gasteiger charge is 2.22. The first-order valence-corrected chi connectivity index (χ1v) is 11.4. The van der Waals surface area contributed by atoms with Crippen LogP contribution in [0.3, 0.4) is 0 Å². The molecular formula is C25H32N4O2. The molecule has 2 aromatic rings. The fraction of sp³-hybridized carbons (Fsp3) is 0.440. The van der Waals surface area contributed by atoms with Crippen molar-refractivity contribution in [2.75, 3.05) is 31.1 Å². The van der Waals surface area contributed by atoms with Crippen LogP contribution in [0.1, 0.15) is 48.0 Å². The van der Waals surface area contributed by atoms with Crippen LogP contribution < -0.4 is 15.5 Å². The number of benzene rings is 2. The summed E-state index contributed by atoms with van der Waals surface area (Å²) in [7, 11) is 0. The van der Waals surface area contributed by atoms with Gasteiger partial charge in [-0.2, -0.15) is 0 Å². The number of hydrogen-bond acceptors (Lipinski definition) is 3. The van der Waals surface area contributed by atoms with Gasteiger partial charge < -0.3 is 20.4 Å². The summed E-state index contributed by atoms with van der Waals surface area (Å²) in [5.74, 6) is 0.0715. The van der Waals surface area contributed by atoms with E-state index >= 15 is 0 Å². The maximum atomic E-state index is 12.9. The lowest BCUT2D eigenvalue weighted by Crippen LogP contribution is -2.48. The first-order chi connectivity index (χ1) is 15.2. The number of urea groups is 1. The van der Waals surface area contributed by atoms with E-state index in [1.54, 1.807) is 0 Å². The molecule has 2 aliphatic rings. The maximum Gasteiger partial charge on any atom is 0.315 e. The Hall–Kier alpha value is -3.02. The molecule has 1 aliphatic heterocycles. The van der Waals surface area contributed by atoms with E-state index in [0.29, 0.717) is 18.2 Å².